The van der Waals surface area contributed by atoms with E-state index < -0.39 is 0 Å². The van der Waals surface area contributed by atoms with Crippen LogP contribution in [0.15, 0.2) is 140 Å². The zero-order valence-electron chi connectivity index (χ0n) is 23.0. The van der Waals surface area contributed by atoms with Crippen molar-refractivity contribution >= 4 is 66.1 Å². The number of hydrogen-bond donors (Lipinski definition) is 0. The first kappa shape index (κ1) is 24.4. The number of nitrogens with zero attached hydrogens (tertiary/aromatic N) is 3. The van der Waals surface area contributed by atoms with Crippen LogP contribution < -0.4 is 0 Å². The van der Waals surface area contributed by atoms with E-state index in [9.17, 15) is 0 Å². The SMILES string of the molecule is c1ccc(-c2nc(-c3ccc4ccccc4c3)nc(-c3ccc4c(ccc5ccc6c7ccccc7[se]c6c54)c3)n2)cc1. The molecule has 2 aromatic heterocycles. The molecule has 9 aromatic rings. The average Bonchev–Trinajstić information content (AvgIpc) is 3.47. The Morgan fingerprint density at radius 1 is 0.372 bits per heavy atom. The Morgan fingerprint density at radius 3 is 1.79 bits per heavy atom. The molecule has 4 heteroatoms. The third-order valence-corrected chi connectivity index (χ3v) is 10.8. The Morgan fingerprint density at radius 2 is 0.953 bits per heavy atom. The molecule has 0 bridgehead atoms. The van der Waals surface area contributed by atoms with Crippen LogP contribution in [0, 0.1) is 0 Å². The Kier molecular flexibility index (Phi) is 5.52. The Hall–Kier alpha value is -5.15. The third kappa shape index (κ3) is 4.07. The first-order valence-corrected chi connectivity index (χ1v) is 16.1. The molecule has 0 radical (unpaired) electrons. The van der Waals surface area contributed by atoms with Crippen molar-refractivity contribution in [1.82, 2.24) is 15.0 Å². The molecule has 2 heterocycles. The van der Waals surface area contributed by atoms with E-state index in [0.29, 0.717) is 17.5 Å². The molecular formula is C39H23N3Se. The molecule has 0 spiro atoms. The number of benzene rings is 7. The summed E-state index contributed by atoms with van der Waals surface area (Å²) in [7, 11) is 0. The van der Waals surface area contributed by atoms with Crippen LogP contribution in [0.5, 0.6) is 0 Å². The van der Waals surface area contributed by atoms with Crippen molar-refractivity contribution < 1.29 is 0 Å². The fourth-order valence-electron chi connectivity index (χ4n) is 6.15. The van der Waals surface area contributed by atoms with Crippen molar-refractivity contribution in [1.29, 1.82) is 0 Å². The molecule has 7 aromatic carbocycles. The van der Waals surface area contributed by atoms with Gasteiger partial charge >= 0.3 is 219 Å². The van der Waals surface area contributed by atoms with Gasteiger partial charge in [-0.15, -0.1) is 0 Å². The summed E-state index contributed by atoms with van der Waals surface area (Å²) < 4.78 is 2.95. The van der Waals surface area contributed by atoms with Crippen LogP contribution >= 0.6 is 0 Å². The molecule has 9 rings (SSSR count). The standard InChI is InChI=1S/C39H23N3Se/c1-2-9-26(10-3-1)37-40-38(29-17-14-24-8-4-5-11-27(24)22-29)42-39(41-37)30-19-20-31-28(23-30)16-15-25-18-21-33-32-12-6-7-13-34(32)43-36(33)35(25)31/h1-23H. The van der Waals surface area contributed by atoms with Crippen molar-refractivity contribution in [2.24, 2.45) is 0 Å². The van der Waals surface area contributed by atoms with E-state index in [-0.39, 0.29) is 14.5 Å². The van der Waals surface area contributed by atoms with Crippen LogP contribution in [0.3, 0.4) is 0 Å². The summed E-state index contributed by atoms with van der Waals surface area (Å²) >= 11 is 0.284. The van der Waals surface area contributed by atoms with Crippen molar-refractivity contribution in [2.75, 3.05) is 0 Å². The van der Waals surface area contributed by atoms with Crippen LogP contribution in [0.4, 0.5) is 0 Å². The van der Waals surface area contributed by atoms with Crippen LogP contribution in [0.25, 0.3) is 85.8 Å². The fraction of sp³-hybridized carbons (Fsp3) is 0. The molecule has 0 atom stereocenters. The Labute approximate surface area is 253 Å². The Balaban J connectivity index is 1.25. The van der Waals surface area contributed by atoms with Gasteiger partial charge in [0.1, 0.15) is 0 Å². The van der Waals surface area contributed by atoms with E-state index in [0.717, 1.165) is 22.1 Å². The van der Waals surface area contributed by atoms with Gasteiger partial charge in [0.15, 0.2) is 0 Å². The zero-order chi connectivity index (χ0) is 28.3. The summed E-state index contributed by atoms with van der Waals surface area (Å²) in [6.45, 7) is 0. The quantitative estimate of drug-likeness (QED) is 0.147. The van der Waals surface area contributed by atoms with E-state index >= 15 is 0 Å². The number of aromatic nitrogens is 3. The van der Waals surface area contributed by atoms with Gasteiger partial charge in [-0.25, -0.2) is 0 Å². The summed E-state index contributed by atoms with van der Waals surface area (Å²) in [6.07, 6.45) is 0. The van der Waals surface area contributed by atoms with Crippen molar-refractivity contribution in [3.63, 3.8) is 0 Å². The summed E-state index contributed by atoms with van der Waals surface area (Å²) in [5.41, 5.74) is 2.93. The van der Waals surface area contributed by atoms with E-state index in [4.69, 9.17) is 15.0 Å². The molecule has 0 aliphatic rings. The van der Waals surface area contributed by atoms with Gasteiger partial charge < -0.3 is 0 Å². The molecule has 0 saturated carbocycles. The minimum atomic E-state index is 0.284. The maximum absolute atomic E-state index is 5.04. The summed E-state index contributed by atoms with van der Waals surface area (Å²) in [6, 6.07) is 49.5. The molecule has 0 fully saturated rings. The van der Waals surface area contributed by atoms with Crippen molar-refractivity contribution in [3.05, 3.63) is 140 Å². The minimum absolute atomic E-state index is 0.284. The number of fused-ring (bicyclic) bond motifs is 8. The van der Waals surface area contributed by atoms with Gasteiger partial charge in [0.05, 0.1) is 0 Å². The van der Waals surface area contributed by atoms with Gasteiger partial charge in [-0.05, 0) is 5.39 Å². The van der Waals surface area contributed by atoms with Crippen LogP contribution in [-0.2, 0) is 0 Å². The number of hydrogen-bond acceptors (Lipinski definition) is 3. The summed E-state index contributed by atoms with van der Waals surface area (Å²) in [4.78, 5) is 15.0. The van der Waals surface area contributed by atoms with Gasteiger partial charge in [0.25, 0.3) is 0 Å². The molecular weight excluding hydrogens is 589 g/mol. The third-order valence-electron chi connectivity index (χ3n) is 8.28. The fourth-order valence-corrected chi connectivity index (χ4v) is 8.82. The molecule has 0 N–H and O–H groups in total. The molecule has 0 aliphatic heterocycles. The van der Waals surface area contributed by atoms with Gasteiger partial charge in [-0.1, -0.05) is 30.3 Å². The van der Waals surface area contributed by atoms with Crippen LogP contribution in [-0.4, -0.2) is 29.5 Å². The molecule has 43 heavy (non-hydrogen) atoms. The van der Waals surface area contributed by atoms with Crippen molar-refractivity contribution in [2.45, 2.75) is 0 Å². The first-order valence-electron chi connectivity index (χ1n) is 14.4. The topological polar surface area (TPSA) is 38.7 Å². The molecule has 3 nitrogen and oxygen atoms in total. The van der Waals surface area contributed by atoms with Gasteiger partial charge in [-0.3, -0.25) is 0 Å². The van der Waals surface area contributed by atoms with Crippen molar-refractivity contribution in [3.8, 4) is 34.2 Å². The average molecular weight is 613 g/mol. The van der Waals surface area contributed by atoms with Crippen LogP contribution in [0.1, 0.15) is 0 Å². The Bertz CT molecular complexity index is 2510. The van der Waals surface area contributed by atoms with Gasteiger partial charge in [0, 0.05) is 0 Å². The molecule has 200 valence electrons. The second kappa shape index (κ2) is 9.71. The van der Waals surface area contributed by atoms with E-state index in [2.05, 4.69) is 121 Å². The van der Waals surface area contributed by atoms with Crippen LogP contribution in [0.2, 0.25) is 0 Å². The summed E-state index contributed by atoms with van der Waals surface area (Å²) in [5.74, 6) is 2.02. The van der Waals surface area contributed by atoms with E-state index in [1.807, 2.05) is 18.2 Å². The number of rotatable bonds is 3. The second-order valence-corrected chi connectivity index (χ2v) is 13.1. The molecule has 0 aliphatic carbocycles. The predicted octanol–water partition coefficient (Wildman–Crippen LogP) is 9.70. The first-order chi connectivity index (χ1) is 21.3. The van der Waals surface area contributed by atoms with E-state index in [1.165, 1.54) is 46.2 Å². The predicted molar refractivity (Wildman–Crippen MR) is 181 cm³/mol. The molecule has 0 amide bonds. The monoisotopic (exact) mass is 613 g/mol. The summed E-state index contributed by atoms with van der Waals surface area (Å²) in [5, 5.41) is 10.3. The van der Waals surface area contributed by atoms with Gasteiger partial charge in [0.2, 0.25) is 0 Å². The maximum atomic E-state index is 5.04. The van der Waals surface area contributed by atoms with Gasteiger partial charge in [-0.2, -0.15) is 0 Å². The second-order valence-electron chi connectivity index (χ2n) is 10.9. The molecule has 0 saturated heterocycles. The van der Waals surface area contributed by atoms with E-state index in [1.54, 1.807) is 0 Å². The molecule has 0 unspecified atom stereocenters. The zero-order valence-corrected chi connectivity index (χ0v) is 24.7. The normalized spacial score (nSPS) is 11.7.